The summed E-state index contributed by atoms with van der Waals surface area (Å²) in [6.07, 6.45) is -0.867. The maximum Gasteiger partial charge on any atom is 0.164 e. The average molecular weight is 251 g/mol. The number of hydrogen-bond acceptors (Lipinski definition) is 4. The van der Waals surface area contributed by atoms with Crippen molar-refractivity contribution in [1.29, 1.82) is 0 Å². The van der Waals surface area contributed by atoms with Crippen molar-refractivity contribution in [1.82, 2.24) is 9.97 Å². The number of rotatable bonds is 2. The van der Waals surface area contributed by atoms with Gasteiger partial charge in [0.05, 0.1) is 5.52 Å². The molecule has 4 heteroatoms. The monoisotopic (exact) mass is 251 g/mol. The predicted octanol–water partition coefficient (Wildman–Crippen LogP) is 2.29. The van der Waals surface area contributed by atoms with Crippen LogP contribution in [0.25, 0.3) is 10.9 Å². The number of nitrogens with zero attached hydrogens (tertiary/aromatic N) is 2. The molecule has 0 aliphatic rings. The average Bonchev–Trinajstić information content (AvgIpc) is 2.47. The number of anilines is 1. The second-order valence-corrected chi connectivity index (χ2v) is 4.30. The van der Waals surface area contributed by atoms with Gasteiger partial charge in [0.2, 0.25) is 0 Å². The molecule has 4 nitrogen and oxygen atoms in total. The van der Waals surface area contributed by atoms with Crippen LogP contribution >= 0.6 is 0 Å². The van der Waals surface area contributed by atoms with Crippen LogP contribution in [0.5, 0.6) is 0 Å². The van der Waals surface area contributed by atoms with Crippen LogP contribution < -0.4 is 5.73 Å². The van der Waals surface area contributed by atoms with Crippen LogP contribution in [0.3, 0.4) is 0 Å². The van der Waals surface area contributed by atoms with Crippen LogP contribution in [-0.2, 0) is 0 Å². The van der Waals surface area contributed by atoms with Crippen molar-refractivity contribution in [3.05, 3.63) is 66.0 Å². The van der Waals surface area contributed by atoms with E-state index in [0.717, 1.165) is 16.5 Å². The molecule has 0 fully saturated rings. The van der Waals surface area contributed by atoms with Crippen molar-refractivity contribution in [2.75, 3.05) is 5.73 Å². The van der Waals surface area contributed by atoms with Crippen LogP contribution in [0.4, 0.5) is 5.82 Å². The SMILES string of the molecule is Nc1nc(C(O)c2ccccc2)nc2ccccc12. The largest absolute Gasteiger partial charge is 0.383 e. The molecule has 3 rings (SSSR count). The van der Waals surface area contributed by atoms with Crippen molar-refractivity contribution in [2.24, 2.45) is 0 Å². The van der Waals surface area contributed by atoms with Gasteiger partial charge in [0.15, 0.2) is 5.82 Å². The zero-order chi connectivity index (χ0) is 13.2. The molecule has 0 aliphatic heterocycles. The lowest BCUT2D eigenvalue weighted by atomic mass is 10.1. The summed E-state index contributed by atoms with van der Waals surface area (Å²) < 4.78 is 0. The molecule has 0 radical (unpaired) electrons. The number of nitrogens with two attached hydrogens (primary N) is 1. The first kappa shape index (κ1) is 11.6. The second-order valence-electron chi connectivity index (χ2n) is 4.30. The molecule has 0 aliphatic carbocycles. The Morgan fingerprint density at radius 3 is 2.37 bits per heavy atom. The molecule has 1 atom stereocenters. The molecule has 3 aromatic rings. The molecule has 94 valence electrons. The van der Waals surface area contributed by atoms with E-state index in [0.29, 0.717) is 11.6 Å². The number of fused-ring (bicyclic) bond motifs is 1. The van der Waals surface area contributed by atoms with E-state index in [1.54, 1.807) is 0 Å². The van der Waals surface area contributed by atoms with Crippen molar-refractivity contribution in [3.8, 4) is 0 Å². The Morgan fingerprint density at radius 2 is 1.58 bits per heavy atom. The van der Waals surface area contributed by atoms with E-state index in [-0.39, 0.29) is 0 Å². The molecule has 0 saturated heterocycles. The van der Waals surface area contributed by atoms with Gasteiger partial charge in [0.25, 0.3) is 0 Å². The molecular weight excluding hydrogens is 238 g/mol. The van der Waals surface area contributed by atoms with E-state index in [9.17, 15) is 5.11 Å². The van der Waals surface area contributed by atoms with Gasteiger partial charge in [-0.05, 0) is 17.7 Å². The smallest absolute Gasteiger partial charge is 0.164 e. The summed E-state index contributed by atoms with van der Waals surface area (Å²) in [5.41, 5.74) is 7.39. The fourth-order valence-electron chi connectivity index (χ4n) is 2.03. The van der Waals surface area contributed by atoms with Gasteiger partial charge < -0.3 is 10.8 Å². The Balaban J connectivity index is 2.11. The van der Waals surface area contributed by atoms with E-state index in [1.165, 1.54) is 0 Å². The van der Waals surface area contributed by atoms with Crippen molar-refractivity contribution < 1.29 is 5.11 Å². The van der Waals surface area contributed by atoms with Gasteiger partial charge in [-0.25, -0.2) is 9.97 Å². The van der Waals surface area contributed by atoms with Crippen LogP contribution in [0.2, 0.25) is 0 Å². The number of nitrogen functional groups attached to an aromatic ring is 1. The first-order valence-electron chi connectivity index (χ1n) is 6.01. The van der Waals surface area contributed by atoms with Crippen molar-refractivity contribution >= 4 is 16.7 Å². The fraction of sp³-hybridized carbons (Fsp3) is 0.0667. The van der Waals surface area contributed by atoms with E-state index < -0.39 is 6.10 Å². The third-order valence-corrected chi connectivity index (χ3v) is 3.01. The Labute approximate surface area is 110 Å². The summed E-state index contributed by atoms with van der Waals surface area (Å²) in [6.45, 7) is 0. The molecule has 0 saturated carbocycles. The highest BCUT2D eigenvalue weighted by Gasteiger charge is 2.15. The molecule has 0 bridgehead atoms. The van der Waals surface area contributed by atoms with E-state index >= 15 is 0 Å². The Kier molecular flexibility index (Phi) is 2.85. The highest BCUT2D eigenvalue weighted by atomic mass is 16.3. The first-order valence-corrected chi connectivity index (χ1v) is 6.01. The molecule has 2 aromatic carbocycles. The van der Waals surface area contributed by atoms with E-state index in [4.69, 9.17) is 5.73 Å². The lowest BCUT2D eigenvalue weighted by Crippen LogP contribution is -2.07. The maximum absolute atomic E-state index is 10.3. The normalized spacial score (nSPS) is 12.5. The minimum Gasteiger partial charge on any atom is -0.383 e. The highest BCUT2D eigenvalue weighted by Crippen LogP contribution is 2.23. The lowest BCUT2D eigenvalue weighted by molar-refractivity contribution is 0.210. The highest BCUT2D eigenvalue weighted by molar-refractivity contribution is 5.87. The summed E-state index contributed by atoms with van der Waals surface area (Å²) in [4.78, 5) is 8.57. The van der Waals surface area contributed by atoms with Gasteiger partial charge in [-0.3, -0.25) is 0 Å². The molecule has 1 heterocycles. The number of para-hydroxylation sites is 1. The number of aliphatic hydroxyl groups excluding tert-OH is 1. The summed E-state index contributed by atoms with van der Waals surface area (Å²) in [5.74, 6) is 0.706. The molecule has 3 N–H and O–H groups in total. The van der Waals surface area contributed by atoms with Crippen LogP contribution in [0, 0.1) is 0 Å². The van der Waals surface area contributed by atoms with Crippen LogP contribution in [0.15, 0.2) is 54.6 Å². The number of benzene rings is 2. The minimum atomic E-state index is -0.867. The molecule has 0 spiro atoms. The Morgan fingerprint density at radius 1 is 0.895 bits per heavy atom. The molecule has 19 heavy (non-hydrogen) atoms. The van der Waals surface area contributed by atoms with Gasteiger partial charge >= 0.3 is 0 Å². The lowest BCUT2D eigenvalue weighted by Gasteiger charge is -2.11. The Hall–Kier alpha value is -2.46. The van der Waals surface area contributed by atoms with Crippen molar-refractivity contribution in [3.63, 3.8) is 0 Å². The van der Waals surface area contributed by atoms with Crippen LogP contribution in [0.1, 0.15) is 17.5 Å². The molecule has 0 amide bonds. The van der Waals surface area contributed by atoms with Crippen LogP contribution in [-0.4, -0.2) is 15.1 Å². The zero-order valence-electron chi connectivity index (χ0n) is 10.2. The molecular formula is C15H13N3O. The fourth-order valence-corrected chi connectivity index (χ4v) is 2.03. The number of aromatic nitrogens is 2. The van der Waals surface area contributed by atoms with Gasteiger partial charge in [0.1, 0.15) is 11.9 Å². The first-order chi connectivity index (χ1) is 9.25. The van der Waals surface area contributed by atoms with Gasteiger partial charge in [0, 0.05) is 5.39 Å². The summed E-state index contributed by atoms with van der Waals surface area (Å²) in [5, 5.41) is 11.1. The third-order valence-electron chi connectivity index (χ3n) is 3.01. The Bertz CT molecular complexity index is 713. The maximum atomic E-state index is 10.3. The zero-order valence-corrected chi connectivity index (χ0v) is 10.2. The van der Waals surface area contributed by atoms with Crippen molar-refractivity contribution in [2.45, 2.75) is 6.10 Å². The minimum absolute atomic E-state index is 0.322. The van der Waals surface area contributed by atoms with Gasteiger partial charge in [-0.2, -0.15) is 0 Å². The standard InChI is InChI=1S/C15H13N3O/c16-14-11-8-4-5-9-12(11)17-15(18-14)13(19)10-6-2-1-3-7-10/h1-9,13,19H,(H2,16,17,18). The summed E-state index contributed by atoms with van der Waals surface area (Å²) in [6, 6.07) is 16.8. The van der Waals surface area contributed by atoms with E-state index in [2.05, 4.69) is 9.97 Å². The third kappa shape index (κ3) is 2.13. The predicted molar refractivity (Wildman–Crippen MR) is 74.5 cm³/mol. The molecule has 1 aromatic heterocycles. The van der Waals surface area contributed by atoms with Gasteiger partial charge in [-0.15, -0.1) is 0 Å². The summed E-state index contributed by atoms with van der Waals surface area (Å²) >= 11 is 0. The van der Waals surface area contributed by atoms with E-state index in [1.807, 2.05) is 54.6 Å². The van der Waals surface area contributed by atoms with Gasteiger partial charge in [-0.1, -0.05) is 42.5 Å². The quantitative estimate of drug-likeness (QED) is 0.733. The topological polar surface area (TPSA) is 72.0 Å². The molecule has 1 unspecified atom stereocenters. The summed E-state index contributed by atoms with van der Waals surface area (Å²) in [7, 11) is 0. The second kappa shape index (κ2) is 4.66. The number of aliphatic hydroxyl groups is 1. The number of hydrogen-bond donors (Lipinski definition) is 2.